The highest BCUT2D eigenvalue weighted by atomic mass is 32.2. The van der Waals surface area contributed by atoms with E-state index in [1.807, 2.05) is 61.5 Å². The van der Waals surface area contributed by atoms with Crippen LogP contribution < -0.4 is 10.6 Å². The number of hydrogen-bond donors (Lipinski definition) is 8. The highest BCUT2D eigenvalue weighted by Crippen LogP contribution is 2.41. The standard InChI is InChI=1S/C44H50N20O12S4/c1-21-27(20-45)39(61(57-21)28-18-25(77(65,66)67)12-14-30(28)79(71,72)73)53-49-33-35(43(5,6)7)59-63-37(51-55-41(33)63)23(3)47-16-17-48-24(4)38-52-56-42-34(36(44(8,9)10)60-64(38)42)50-54-40-32(46-11)22(2)58-62(40)29-19-26(78(68,69)70)13-15-31(29)80(74,75)76/h12-15,18-19,23-24,47-48,59-60H,16-17H2,1-10H3,(H,65,66,67)(H,68,69,70)(H,71,72,73)(H,74,75,76). The van der Waals surface area contributed by atoms with E-state index in [1.54, 1.807) is 9.03 Å². The van der Waals surface area contributed by atoms with E-state index < -0.39 is 94.3 Å². The van der Waals surface area contributed by atoms with E-state index in [0.717, 1.165) is 45.8 Å². The van der Waals surface area contributed by atoms with Gasteiger partial charge in [-0.25, -0.2) is 23.2 Å². The van der Waals surface area contributed by atoms with Gasteiger partial charge in [-0.05, 0) is 64.1 Å². The number of aromatic nitrogens is 12. The van der Waals surface area contributed by atoms with Crippen LogP contribution in [0.4, 0.5) is 28.7 Å². The van der Waals surface area contributed by atoms with E-state index in [-0.39, 0.29) is 56.9 Å². The maximum absolute atomic E-state index is 12.5. The second-order valence-electron chi connectivity index (χ2n) is 20.1. The molecule has 2 atom stereocenters. The molecule has 6 aromatic heterocycles. The number of benzene rings is 2. The van der Waals surface area contributed by atoms with Crippen LogP contribution in [0.1, 0.15) is 107 Å². The molecule has 8 rings (SSSR count). The molecule has 0 saturated carbocycles. The van der Waals surface area contributed by atoms with Gasteiger partial charge in [0.2, 0.25) is 11.3 Å². The number of nitriles is 1. The lowest BCUT2D eigenvalue weighted by Gasteiger charge is -2.17. The van der Waals surface area contributed by atoms with Crippen molar-refractivity contribution in [1.29, 1.82) is 5.26 Å². The lowest BCUT2D eigenvalue weighted by molar-refractivity contribution is 0.477. The molecular formula is C44H50N20O12S4. The van der Waals surface area contributed by atoms with Crippen molar-refractivity contribution in [3.8, 4) is 17.4 Å². The number of nitrogens with one attached hydrogen (secondary N) is 4. The summed E-state index contributed by atoms with van der Waals surface area (Å²) >= 11 is 0. The van der Waals surface area contributed by atoms with Crippen LogP contribution in [0.3, 0.4) is 0 Å². The van der Waals surface area contributed by atoms with Crippen LogP contribution in [0, 0.1) is 31.8 Å². The molecule has 0 aliphatic rings. The van der Waals surface area contributed by atoms with Gasteiger partial charge in [0.05, 0.1) is 62.6 Å². The van der Waals surface area contributed by atoms with Crippen molar-refractivity contribution < 1.29 is 51.9 Å². The Hall–Kier alpha value is -8.04. The first-order valence-corrected chi connectivity index (χ1v) is 29.2. The van der Waals surface area contributed by atoms with Gasteiger partial charge < -0.3 is 10.6 Å². The topological polar surface area (TPSA) is 447 Å². The summed E-state index contributed by atoms with van der Waals surface area (Å²) < 4.78 is 143. The molecule has 8 aromatic rings. The fourth-order valence-corrected chi connectivity index (χ4v) is 10.6. The van der Waals surface area contributed by atoms with Crippen molar-refractivity contribution in [3.63, 3.8) is 0 Å². The minimum Gasteiger partial charge on any atom is -0.306 e. The summed E-state index contributed by atoms with van der Waals surface area (Å²) in [5.74, 6) is 0.162. The molecule has 0 amide bonds. The third-order valence-corrected chi connectivity index (χ3v) is 15.7. The highest BCUT2D eigenvalue weighted by molar-refractivity contribution is 7.87. The Labute approximate surface area is 455 Å². The van der Waals surface area contributed by atoms with E-state index >= 15 is 0 Å². The van der Waals surface area contributed by atoms with E-state index in [9.17, 15) is 57.1 Å². The van der Waals surface area contributed by atoms with Crippen molar-refractivity contribution in [2.45, 2.75) is 112 Å². The fourth-order valence-electron chi connectivity index (χ4n) is 8.31. The van der Waals surface area contributed by atoms with Gasteiger partial charge in [0.1, 0.15) is 21.4 Å². The monoisotopic (exact) mass is 1180 g/mol. The number of aryl methyl sites for hydroxylation is 2. The molecule has 2 aromatic carbocycles. The minimum absolute atomic E-state index is 0.0393. The number of fused-ring (bicyclic) bond motifs is 2. The Kier molecular flexibility index (Phi) is 14.9. The molecule has 0 radical (unpaired) electrons. The zero-order valence-corrected chi connectivity index (χ0v) is 47.1. The van der Waals surface area contributed by atoms with Crippen molar-refractivity contribution in [2.75, 3.05) is 13.1 Å². The van der Waals surface area contributed by atoms with Gasteiger partial charge >= 0.3 is 0 Å². The first-order valence-electron chi connectivity index (χ1n) is 23.5. The second-order valence-corrected chi connectivity index (χ2v) is 25.7. The Bertz CT molecular complexity index is 4160. The third-order valence-electron chi connectivity index (χ3n) is 12.2. The molecule has 0 bridgehead atoms. The number of nitrogens with zero attached hydrogens (tertiary/aromatic N) is 16. The molecule has 0 fully saturated rings. The number of rotatable bonds is 17. The summed E-state index contributed by atoms with van der Waals surface area (Å²) in [6.45, 7) is 26.4. The van der Waals surface area contributed by atoms with Crippen LogP contribution in [0.15, 0.2) is 76.4 Å². The van der Waals surface area contributed by atoms with Gasteiger partial charge in [-0.15, -0.1) is 40.9 Å². The van der Waals surface area contributed by atoms with Crippen LogP contribution in [0.5, 0.6) is 0 Å². The minimum atomic E-state index is -5.03. The fraction of sp³-hybridized carbons (Fsp3) is 0.364. The third kappa shape index (κ3) is 11.1. The molecule has 36 heteroatoms. The first kappa shape index (κ1) is 58.1. The molecule has 6 heterocycles. The molecule has 32 nitrogen and oxygen atoms in total. The van der Waals surface area contributed by atoms with Crippen molar-refractivity contribution in [2.24, 2.45) is 20.5 Å². The molecule has 8 N–H and O–H groups in total. The Morgan fingerprint density at radius 1 is 0.637 bits per heavy atom. The normalized spacial score (nSPS) is 14.0. The van der Waals surface area contributed by atoms with E-state index in [4.69, 9.17) is 6.57 Å². The van der Waals surface area contributed by atoms with E-state index in [2.05, 4.69) is 76.7 Å². The highest BCUT2D eigenvalue weighted by Gasteiger charge is 2.32. The van der Waals surface area contributed by atoms with Crippen LogP contribution in [-0.2, 0) is 51.3 Å². The number of H-pyrrole nitrogens is 2. The maximum atomic E-state index is 12.5. The van der Waals surface area contributed by atoms with Crippen LogP contribution >= 0.6 is 0 Å². The van der Waals surface area contributed by atoms with Gasteiger partial charge in [0, 0.05) is 23.9 Å². The Morgan fingerprint density at radius 3 is 1.41 bits per heavy atom. The average molecular weight is 1180 g/mol. The summed E-state index contributed by atoms with van der Waals surface area (Å²) in [6, 6.07) is 5.56. The number of azo groups is 2. The van der Waals surface area contributed by atoms with Gasteiger partial charge in [-0.3, -0.25) is 28.4 Å². The van der Waals surface area contributed by atoms with Gasteiger partial charge in [-0.2, -0.15) is 49.1 Å². The summed E-state index contributed by atoms with van der Waals surface area (Å²) in [5, 5.41) is 67.1. The first-order chi connectivity index (χ1) is 37.1. The summed E-state index contributed by atoms with van der Waals surface area (Å²) in [7, 11) is -19.8. The molecule has 2 unspecified atom stereocenters. The predicted molar refractivity (Wildman–Crippen MR) is 280 cm³/mol. The van der Waals surface area contributed by atoms with Crippen LogP contribution in [0.2, 0.25) is 0 Å². The van der Waals surface area contributed by atoms with Gasteiger partial charge in [0.15, 0.2) is 34.7 Å². The quantitative estimate of drug-likeness (QED) is 0.0216. The second kappa shape index (κ2) is 20.6. The number of hydrogen-bond acceptors (Lipinski definition) is 21. The zero-order valence-electron chi connectivity index (χ0n) is 43.9. The number of aromatic amines is 2. The largest absolute Gasteiger partial charge is 0.306 e. The van der Waals surface area contributed by atoms with E-state index in [0.29, 0.717) is 36.1 Å². The van der Waals surface area contributed by atoms with Gasteiger partial charge in [0.25, 0.3) is 46.2 Å². The van der Waals surface area contributed by atoms with Crippen LogP contribution in [0.25, 0.3) is 27.5 Å². The molecule has 80 heavy (non-hydrogen) atoms. The van der Waals surface area contributed by atoms with Gasteiger partial charge in [-0.1, -0.05) is 41.5 Å². The zero-order chi connectivity index (χ0) is 59.0. The van der Waals surface area contributed by atoms with E-state index in [1.165, 1.54) is 13.8 Å². The maximum Gasteiger partial charge on any atom is 0.296 e. The average Bonchev–Trinajstić information content (AvgIpc) is 4.34. The smallest absolute Gasteiger partial charge is 0.296 e. The molecule has 0 spiro atoms. The van der Waals surface area contributed by atoms with Crippen molar-refractivity contribution in [3.05, 3.63) is 87.8 Å². The molecule has 0 aliphatic carbocycles. The predicted octanol–water partition coefficient (Wildman–Crippen LogP) is 6.25. The van der Waals surface area contributed by atoms with Crippen molar-refractivity contribution >= 4 is 80.5 Å². The van der Waals surface area contributed by atoms with Crippen molar-refractivity contribution in [1.82, 2.24) is 69.8 Å². The molecular weight excluding hydrogens is 1130 g/mol. The SMILES string of the molecule is [C-]#[N+]c1c(C)nn(-c2cc(S(=O)(=O)O)ccc2S(=O)(=O)O)c1N=Nc1c(C(C)(C)C)[nH]n2c(C(C)NCCNC(C)c3nnc4c(N=Nc5c(C#N)c(C)nn5-c5cc(S(=O)(=O)O)ccc5S(=O)(=O)O)c(C(C)(C)C)[nH]n34)nnc12. The lowest BCUT2D eigenvalue weighted by atomic mass is 9.91. The Balaban J connectivity index is 1.04. The van der Waals surface area contributed by atoms with Crippen LogP contribution in [-0.4, -0.2) is 124 Å². The Morgan fingerprint density at radius 2 is 1.04 bits per heavy atom. The summed E-state index contributed by atoms with van der Waals surface area (Å²) in [5.41, 5.74) is -0.865. The summed E-state index contributed by atoms with van der Waals surface area (Å²) in [4.78, 5) is 0.404. The lowest BCUT2D eigenvalue weighted by Crippen LogP contribution is -2.32. The molecule has 422 valence electrons. The summed E-state index contributed by atoms with van der Waals surface area (Å²) in [6.07, 6.45) is 0. The molecule has 0 aliphatic heterocycles. The molecule has 0 saturated heterocycles.